The van der Waals surface area contributed by atoms with Crippen molar-refractivity contribution < 1.29 is 14.3 Å². The zero-order valence-electron chi connectivity index (χ0n) is 18.3. The third kappa shape index (κ3) is 5.22. The summed E-state index contributed by atoms with van der Waals surface area (Å²) < 4.78 is 5.84. The van der Waals surface area contributed by atoms with Gasteiger partial charge < -0.3 is 14.5 Å². The van der Waals surface area contributed by atoms with E-state index < -0.39 is 0 Å². The van der Waals surface area contributed by atoms with Crippen LogP contribution in [0.3, 0.4) is 0 Å². The van der Waals surface area contributed by atoms with Crippen molar-refractivity contribution in [3.05, 3.63) is 35.9 Å². The van der Waals surface area contributed by atoms with Crippen molar-refractivity contribution in [2.75, 3.05) is 39.3 Å². The Bertz CT molecular complexity index is 722. The molecular formula is C24H35N3O3. The molecule has 2 amide bonds. The van der Waals surface area contributed by atoms with Gasteiger partial charge in [0.15, 0.2) is 0 Å². The first kappa shape index (κ1) is 21.3. The molecule has 0 spiro atoms. The maximum atomic E-state index is 13.0. The van der Waals surface area contributed by atoms with Gasteiger partial charge >= 0.3 is 0 Å². The summed E-state index contributed by atoms with van der Waals surface area (Å²) >= 11 is 0. The van der Waals surface area contributed by atoms with Gasteiger partial charge in [-0.15, -0.1) is 0 Å². The predicted molar refractivity (Wildman–Crippen MR) is 116 cm³/mol. The molecule has 3 atom stereocenters. The van der Waals surface area contributed by atoms with Crippen LogP contribution >= 0.6 is 0 Å². The zero-order valence-corrected chi connectivity index (χ0v) is 18.3. The quantitative estimate of drug-likeness (QED) is 0.744. The van der Waals surface area contributed by atoms with E-state index in [1.165, 1.54) is 0 Å². The fourth-order valence-electron chi connectivity index (χ4n) is 5.29. The largest absolute Gasteiger partial charge is 0.373 e. The number of carbonyl (C=O) groups excluding carboxylic acids is 2. The smallest absolute Gasteiger partial charge is 0.227 e. The van der Waals surface area contributed by atoms with E-state index in [1.807, 2.05) is 40.1 Å². The second kappa shape index (κ2) is 9.48. The molecule has 3 aliphatic heterocycles. The number of ether oxygens (including phenoxy) is 1. The van der Waals surface area contributed by atoms with Crippen molar-refractivity contribution in [1.29, 1.82) is 0 Å². The molecule has 0 aliphatic carbocycles. The summed E-state index contributed by atoms with van der Waals surface area (Å²) in [5.41, 5.74) is 1.12. The van der Waals surface area contributed by atoms with Gasteiger partial charge in [0.1, 0.15) is 0 Å². The minimum atomic E-state index is -0.182. The van der Waals surface area contributed by atoms with Crippen molar-refractivity contribution in [2.24, 2.45) is 11.8 Å². The molecule has 30 heavy (non-hydrogen) atoms. The lowest BCUT2D eigenvalue weighted by molar-refractivity contribution is -0.137. The normalized spacial score (nSPS) is 28.9. The molecule has 6 nitrogen and oxygen atoms in total. The number of hydrogen-bond acceptors (Lipinski definition) is 4. The molecule has 3 aliphatic rings. The number of amides is 2. The number of piperidine rings is 1. The van der Waals surface area contributed by atoms with E-state index in [-0.39, 0.29) is 17.7 Å². The van der Waals surface area contributed by atoms with Gasteiger partial charge in [0.2, 0.25) is 11.8 Å². The molecule has 164 valence electrons. The molecule has 4 rings (SSSR count). The topological polar surface area (TPSA) is 53.1 Å². The van der Waals surface area contributed by atoms with Crippen LogP contribution < -0.4 is 0 Å². The highest BCUT2D eigenvalue weighted by Gasteiger charge is 2.37. The van der Waals surface area contributed by atoms with E-state index >= 15 is 0 Å². The van der Waals surface area contributed by atoms with Crippen LogP contribution in [0.2, 0.25) is 0 Å². The molecule has 0 radical (unpaired) electrons. The Balaban J connectivity index is 1.24. The number of carbonyl (C=O) groups is 2. The molecule has 3 fully saturated rings. The van der Waals surface area contributed by atoms with Crippen LogP contribution in [-0.2, 0) is 20.9 Å². The molecule has 0 N–H and O–H groups in total. The Hall–Kier alpha value is -1.92. The highest BCUT2D eigenvalue weighted by molar-refractivity contribution is 5.89. The van der Waals surface area contributed by atoms with Crippen LogP contribution in [0.4, 0.5) is 0 Å². The maximum Gasteiger partial charge on any atom is 0.227 e. The molecule has 3 saturated heterocycles. The van der Waals surface area contributed by atoms with Gasteiger partial charge in [0, 0.05) is 52.2 Å². The van der Waals surface area contributed by atoms with E-state index in [4.69, 9.17) is 4.74 Å². The van der Waals surface area contributed by atoms with E-state index in [9.17, 15) is 9.59 Å². The Morgan fingerprint density at radius 3 is 2.37 bits per heavy atom. The summed E-state index contributed by atoms with van der Waals surface area (Å²) in [5, 5.41) is 0. The first-order valence-electron chi connectivity index (χ1n) is 11.5. The summed E-state index contributed by atoms with van der Waals surface area (Å²) in [6.07, 6.45) is 3.07. The Kier molecular flexibility index (Phi) is 6.74. The van der Waals surface area contributed by atoms with Gasteiger partial charge in [0.25, 0.3) is 0 Å². The standard InChI is InChI=1S/C24H35N3O3/c1-18-13-25(14-19(2)30-18)15-21-8-10-26(11-9-21)24(29)22-12-23(28)27(17-22)16-20-6-4-3-5-7-20/h3-7,18-19,21-22H,8-17H2,1-2H3. The molecule has 6 heteroatoms. The molecular weight excluding hydrogens is 378 g/mol. The Labute approximate surface area is 180 Å². The van der Waals surface area contributed by atoms with Gasteiger partial charge in [-0.3, -0.25) is 14.5 Å². The van der Waals surface area contributed by atoms with Gasteiger partial charge in [-0.05, 0) is 38.2 Å². The van der Waals surface area contributed by atoms with E-state index in [2.05, 4.69) is 18.7 Å². The fourth-order valence-corrected chi connectivity index (χ4v) is 5.29. The van der Waals surface area contributed by atoms with Gasteiger partial charge in [-0.2, -0.15) is 0 Å². The first-order chi connectivity index (χ1) is 14.5. The molecule has 0 bridgehead atoms. The number of rotatable bonds is 5. The minimum absolute atomic E-state index is 0.0997. The van der Waals surface area contributed by atoms with Gasteiger partial charge in [-0.1, -0.05) is 30.3 Å². The maximum absolute atomic E-state index is 13.0. The minimum Gasteiger partial charge on any atom is -0.373 e. The third-order valence-electron chi connectivity index (χ3n) is 6.72. The zero-order chi connectivity index (χ0) is 21.1. The molecule has 0 saturated carbocycles. The predicted octanol–water partition coefficient (Wildman–Crippen LogP) is 2.38. The first-order valence-corrected chi connectivity index (χ1v) is 11.5. The third-order valence-corrected chi connectivity index (χ3v) is 6.72. The average molecular weight is 414 g/mol. The monoisotopic (exact) mass is 413 g/mol. The number of nitrogens with zero attached hydrogens (tertiary/aromatic N) is 3. The second-order valence-corrected chi connectivity index (χ2v) is 9.41. The SMILES string of the molecule is CC1CN(CC2CCN(C(=O)C3CC(=O)N(Cc4ccccc4)C3)CC2)CC(C)O1. The van der Waals surface area contributed by atoms with Crippen LogP contribution in [-0.4, -0.2) is 78.0 Å². The number of hydrogen-bond donors (Lipinski definition) is 0. The summed E-state index contributed by atoms with van der Waals surface area (Å²) in [6, 6.07) is 10.0. The lowest BCUT2D eigenvalue weighted by atomic mass is 9.94. The Morgan fingerprint density at radius 1 is 1.03 bits per heavy atom. The van der Waals surface area contributed by atoms with Crippen LogP contribution in [0, 0.1) is 11.8 Å². The van der Waals surface area contributed by atoms with Crippen molar-refractivity contribution in [3.8, 4) is 0 Å². The molecule has 3 unspecified atom stereocenters. The molecule has 3 heterocycles. The molecule has 1 aromatic rings. The molecule has 1 aromatic carbocycles. The second-order valence-electron chi connectivity index (χ2n) is 9.41. The van der Waals surface area contributed by atoms with Crippen LogP contribution in [0.15, 0.2) is 30.3 Å². The average Bonchev–Trinajstić information content (AvgIpc) is 3.08. The van der Waals surface area contributed by atoms with Crippen molar-refractivity contribution >= 4 is 11.8 Å². The van der Waals surface area contributed by atoms with E-state index in [1.54, 1.807) is 0 Å². The van der Waals surface area contributed by atoms with Crippen LogP contribution in [0.1, 0.15) is 38.7 Å². The summed E-state index contributed by atoms with van der Waals surface area (Å²) in [6.45, 7) is 10.2. The lowest BCUT2D eigenvalue weighted by Gasteiger charge is -2.39. The van der Waals surface area contributed by atoms with Crippen molar-refractivity contribution in [1.82, 2.24) is 14.7 Å². The number of morpholine rings is 1. The lowest BCUT2D eigenvalue weighted by Crippen LogP contribution is -2.49. The van der Waals surface area contributed by atoms with Crippen molar-refractivity contribution in [2.45, 2.75) is 51.9 Å². The van der Waals surface area contributed by atoms with Crippen molar-refractivity contribution in [3.63, 3.8) is 0 Å². The highest BCUT2D eigenvalue weighted by atomic mass is 16.5. The van der Waals surface area contributed by atoms with Crippen LogP contribution in [0.25, 0.3) is 0 Å². The molecule has 0 aromatic heterocycles. The highest BCUT2D eigenvalue weighted by Crippen LogP contribution is 2.26. The van der Waals surface area contributed by atoms with Gasteiger partial charge in [0.05, 0.1) is 18.1 Å². The fraction of sp³-hybridized carbons (Fsp3) is 0.667. The van der Waals surface area contributed by atoms with Gasteiger partial charge in [-0.25, -0.2) is 0 Å². The summed E-state index contributed by atoms with van der Waals surface area (Å²) in [7, 11) is 0. The Morgan fingerprint density at radius 2 is 1.70 bits per heavy atom. The van der Waals surface area contributed by atoms with Crippen LogP contribution in [0.5, 0.6) is 0 Å². The summed E-state index contributed by atoms with van der Waals surface area (Å²) in [4.78, 5) is 31.9. The number of benzene rings is 1. The number of likely N-dealkylation sites (tertiary alicyclic amines) is 2. The van der Waals surface area contributed by atoms with E-state index in [0.29, 0.717) is 37.6 Å². The van der Waals surface area contributed by atoms with E-state index in [0.717, 1.165) is 51.1 Å². The summed E-state index contributed by atoms with van der Waals surface area (Å²) in [5.74, 6) is 0.735.